The van der Waals surface area contributed by atoms with Crippen LogP contribution in [0.5, 0.6) is 11.6 Å². The van der Waals surface area contributed by atoms with Gasteiger partial charge in [0.25, 0.3) is 11.7 Å². The van der Waals surface area contributed by atoms with Gasteiger partial charge in [0.05, 0.1) is 18.1 Å². The molecule has 0 saturated carbocycles. The van der Waals surface area contributed by atoms with Gasteiger partial charge < -0.3 is 24.3 Å². The molecule has 0 saturated heterocycles. The van der Waals surface area contributed by atoms with Crippen LogP contribution in [0.25, 0.3) is 11.3 Å². The van der Waals surface area contributed by atoms with Crippen LogP contribution < -0.4 is 19.8 Å². The Morgan fingerprint density at radius 2 is 1.97 bits per heavy atom. The standard InChI is InChI=1S/C20H18N5O7P/c21-20-17(2-1-8-24(20)13-30-33(27,28)29)18-11-15(23-32-18)10-14-3-5-16(6-4-14)31-19-12-25(26)9-7-22-19/h1-9,11-12,21H,10,13H2,(H2,27,28,29)/p+1. The second kappa shape index (κ2) is 9.35. The van der Waals surface area contributed by atoms with Gasteiger partial charge in [-0.05, 0) is 29.8 Å². The lowest BCUT2D eigenvalue weighted by molar-refractivity contribution is -0.711. The highest BCUT2D eigenvalue weighted by atomic mass is 31.2. The predicted octanol–water partition coefficient (Wildman–Crippen LogP) is 1.69. The molecule has 4 aromatic rings. The van der Waals surface area contributed by atoms with Crippen molar-refractivity contribution in [2.45, 2.75) is 13.2 Å². The van der Waals surface area contributed by atoms with E-state index in [4.69, 9.17) is 24.8 Å². The number of nitrogens with two attached hydrogens (primary N) is 1. The molecule has 3 heterocycles. The van der Waals surface area contributed by atoms with Crippen molar-refractivity contribution >= 4 is 13.6 Å². The topological polar surface area (TPSA) is 172 Å². The molecule has 170 valence electrons. The minimum Gasteiger partial charge on any atom is -0.619 e. The lowest BCUT2D eigenvalue weighted by Crippen LogP contribution is -2.38. The maximum absolute atomic E-state index is 11.3. The Balaban J connectivity index is 1.44. The van der Waals surface area contributed by atoms with Crippen molar-refractivity contribution in [3.8, 4) is 23.0 Å². The van der Waals surface area contributed by atoms with Crippen molar-refractivity contribution in [1.82, 2.24) is 10.1 Å². The maximum atomic E-state index is 11.3. The predicted molar refractivity (Wildman–Crippen MR) is 112 cm³/mol. The Hall–Kier alpha value is -3.83. The molecule has 0 atom stereocenters. The molecule has 33 heavy (non-hydrogen) atoms. The Morgan fingerprint density at radius 3 is 2.70 bits per heavy atom. The molecule has 0 radical (unpaired) electrons. The van der Waals surface area contributed by atoms with Crippen LogP contribution in [0.2, 0.25) is 0 Å². The van der Waals surface area contributed by atoms with Gasteiger partial charge in [-0.25, -0.2) is 18.6 Å². The van der Waals surface area contributed by atoms with E-state index in [1.807, 2.05) is 12.1 Å². The lowest BCUT2D eigenvalue weighted by atomic mass is 10.1. The molecule has 0 amide bonds. The Bertz CT molecular complexity index is 1310. The van der Waals surface area contributed by atoms with Crippen molar-refractivity contribution in [2.75, 3.05) is 5.73 Å². The van der Waals surface area contributed by atoms with Gasteiger partial charge >= 0.3 is 7.82 Å². The molecule has 0 bridgehead atoms. The van der Waals surface area contributed by atoms with Gasteiger partial charge in [0.1, 0.15) is 11.3 Å². The summed E-state index contributed by atoms with van der Waals surface area (Å²) < 4.78 is 28.3. The third-order valence-corrected chi connectivity index (χ3v) is 4.94. The van der Waals surface area contributed by atoms with Crippen LogP contribution in [0.3, 0.4) is 0 Å². The highest BCUT2D eigenvalue weighted by Gasteiger charge is 2.20. The fraction of sp³-hybridized carbons (Fsp3) is 0.100. The van der Waals surface area contributed by atoms with Crippen LogP contribution in [-0.4, -0.2) is 19.9 Å². The first-order valence-electron chi connectivity index (χ1n) is 9.52. The fourth-order valence-corrected chi connectivity index (χ4v) is 3.23. The summed E-state index contributed by atoms with van der Waals surface area (Å²) in [7, 11) is -4.64. The molecular weight excluding hydrogens is 453 g/mol. The average Bonchev–Trinajstić information content (AvgIpc) is 3.22. The fourth-order valence-electron chi connectivity index (χ4n) is 2.96. The van der Waals surface area contributed by atoms with Crippen molar-refractivity contribution in [1.29, 1.82) is 0 Å². The first kappa shape index (κ1) is 22.4. The molecule has 0 aliphatic rings. The Morgan fingerprint density at radius 1 is 1.18 bits per heavy atom. The zero-order chi connectivity index (χ0) is 23.4. The molecule has 3 aromatic heterocycles. The van der Waals surface area contributed by atoms with Gasteiger partial charge in [-0.15, -0.1) is 0 Å². The molecule has 0 aliphatic carbocycles. The molecule has 0 aliphatic heterocycles. The monoisotopic (exact) mass is 472 g/mol. The molecular formula is C20H19N5O7P+. The van der Waals surface area contributed by atoms with E-state index < -0.39 is 14.6 Å². The summed E-state index contributed by atoms with van der Waals surface area (Å²) >= 11 is 0. The number of phosphoric acid groups is 1. The van der Waals surface area contributed by atoms with E-state index in [0.29, 0.717) is 33.9 Å². The largest absolute Gasteiger partial charge is 0.619 e. The first-order chi connectivity index (χ1) is 15.8. The first-order valence-corrected chi connectivity index (χ1v) is 11.1. The van der Waals surface area contributed by atoms with Crippen LogP contribution in [0.4, 0.5) is 5.82 Å². The zero-order valence-corrected chi connectivity index (χ0v) is 17.9. The quantitative estimate of drug-likeness (QED) is 0.195. The SMILES string of the molecule is Nc1c(-c2cc(Cc3ccc(Oc4c[n+]([O-])ccn4)cc3)no2)ccc[n+]1COP(=O)(O)O. The van der Waals surface area contributed by atoms with E-state index in [0.717, 1.165) is 5.56 Å². The van der Waals surface area contributed by atoms with E-state index in [1.165, 1.54) is 29.4 Å². The summed E-state index contributed by atoms with van der Waals surface area (Å²) in [4.78, 5) is 21.7. The van der Waals surface area contributed by atoms with Crippen LogP contribution in [0.15, 0.2) is 71.8 Å². The number of benzene rings is 1. The highest BCUT2D eigenvalue weighted by Crippen LogP contribution is 2.35. The van der Waals surface area contributed by atoms with E-state index in [1.54, 1.807) is 30.3 Å². The number of nitrogens with zero attached hydrogens (tertiary/aromatic N) is 4. The van der Waals surface area contributed by atoms with Gasteiger partial charge in [0.2, 0.25) is 12.9 Å². The molecule has 13 heteroatoms. The zero-order valence-electron chi connectivity index (χ0n) is 17.0. The molecule has 1 aromatic carbocycles. The van der Waals surface area contributed by atoms with Crippen molar-refractivity contribution < 1.29 is 37.4 Å². The number of nitrogen functional groups attached to an aromatic ring is 1. The maximum Gasteiger partial charge on any atom is 0.472 e. The summed E-state index contributed by atoms with van der Waals surface area (Å²) in [6, 6.07) is 12.3. The summed E-state index contributed by atoms with van der Waals surface area (Å²) in [5.41, 5.74) is 8.19. The number of ether oxygens (including phenoxy) is 1. The summed E-state index contributed by atoms with van der Waals surface area (Å²) in [5, 5.41) is 15.4. The molecule has 4 N–H and O–H groups in total. The van der Waals surface area contributed by atoms with Gasteiger partial charge in [-0.3, -0.25) is 5.73 Å². The van der Waals surface area contributed by atoms with E-state index in [9.17, 15) is 9.77 Å². The number of pyridine rings is 1. The minimum absolute atomic E-state index is 0.185. The van der Waals surface area contributed by atoms with Crippen molar-refractivity contribution in [2.24, 2.45) is 0 Å². The van der Waals surface area contributed by atoms with Crippen LogP contribution in [-0.2, 0) is 22.2 Å². The average molecular weight is 472 g/mol. The van der Waals surface area contributed by atoms with Crippen LogP contribution in [0.1, 0.15) is 11.3 Å². The summed E-state index contributed by atoms with van der Waals surface area (Å²) in [6.07, 6.45) is 5.84. The molecule has 4 rings (SSSR count). The number of aromatic nitrogens is 4. The van der Waals surface area contributed by atoms with Crippen molar-refractivity contribution in [3.63, 3.8) is 0 Å². The van der Waals surface area contributed by atoms with Gasteiger partial charge in [-0.1, -0.05) is 17.3 Å². The Labute approximate surface area is 187 Å². The highest BCUT2D eigenvalue weighted by molar-refractivity contribution is 7.46. The van der Waals surface area contributed by atoms with Gasteiger partial charge in [-0.2, -0.15) is 4.73 Å². The van der Waals surface area contributed by atoms with Crippen LogP contribution >= 0.6 is 7.82 Å². The summed E-state index contributed by atoms with van der Waals surface area (Å²) in [5.74, 6) is 1.31. The second-order valence-electron chi connectivity index (χ2n) is 6.89. The second-order valence-corrected chi connectivity index (χ2v) is 8.12. The smallest absolute Gasteiger partial charge is 0.472 e. The van der Waals surface area contributed by atoms with Crippen LogP contribution in [0, 0.1) is 5.21 Å². The Kier molecular flexibility index (Phi) is 6.33. The van der Waals surface area contributed by atoms with Crippen molar-refractivity contribution in [3.05, 3.63) is 83.7 Å². The minimum atomic E-state index is -4.64. The normalized spacial score (nSPS) is 11.5. The van der Waals surface area contributed by atoms with E-state index >= 15 is 0 Å². The van der Waals surface area contributed by atoms with E-state index in [-0.39, 0.29) is 11.7 Å². The van der Waals surface area contributed by atoms with Gasteiger partial charge in [0.15, 0.2) is 12.0 Å². The van der Waals surface area contributed by atoms with Gasteiger partial charge in [0, 0.05) is 12.5 Å². The number of anilines is 1. The number of phosphoric ester groups is 1. The summed E-state index contributed by atoms with van der Waals surface area (Å²) in [6.45, 7) is -0.424. The molecule has 12 nitrogen and oxygen atoms in total. The number of hydrogen-bond donors (Lipinski definition) is 3. The lowest BCUT2D eigenvalue weighted by Gasteiger charge is -2.07. The van der Waals surface area contributed by atoms with E-state index in [2.05, 4.69) is 14.7 Å². The molecule has 0 fully saturated rings. The molecule has 0 spiro atoms. The number of rotatable bonds is 8. The number of hydrogen-bond acceptors (Lipinski definition) is 8. The third-order valence-electron chi connectivity index (χ3n) is 4.49. The molecule has 0 unspecified atom stereocenters. The third kappa shape index (κ3) is 5.90.